The summed E-state index contributed by atoms with van der Waals surface area (Å²) in [6.45, 7) is 1.99. The highest BCUT2D eigenvalue weighted by Crippen LogP contribution is 2.36. The van der Waals surface area contributed by atoms with Crippen LogP contribution < -0.4 is 19.7 Å². The molecular weight excluding hydrogens is 442 g/mol. The number of hydrogen-bond donors (Lipinski definition) is 1. The van der Waals surface area contributed by atoms with Crippen LogP contribution in [0.2, 0.25) is 0 Å². The van der Waals surface area contributed by atoms with Crippen LogP contribution in [0.4, 0.5) is 10.5 Å². The Balaban J connectivity index is 1.54. The predicted octanol–water partition coefficient (Wildman–Crippen LogP) is 2.60. The maximum Gasteiger partial charge on any atom is 0.335 e. The van der Waals surface area contributed by atoms with Gasteiger partial charge in [0.15, 0.2) is 11.5 Å². The number of amides is 4. The first kappa shape index (κ1) is 21.3. The molecule has 0 spiro atoms. The number of hydrogen-bond acceptors (Lipinski definition) is 7. The molecule has 0 radical (unpaired) electrons. The number of imide groups is 2. The van der Waals surface area contributed by atoms with Crippen LogP contribution in [-0.2, 0) is 25.7 Å². The van der Waals surface area contributed by atoms with Crippen LogP contribution >= 0.6 is 0 Å². The third kappa shape index (κ3) is 3.64. The fourth-order valence-electron chi connectivity index (χ4n) is 3.94. The lowest BCUT2D eigenvalue weighted by Crippen LogP contribution is -2.54. The number of esters is 1. The molecule has 1 N–H and O–H groups in total. The Morgan fingerprint density at radius 2 is 1.91 bits per heavy atom. The fraction of sp³-hybridized carbons (Fsp3) is 0.167. The predicted molar refractivity (Wildman–Crippen MR) is 120 cm³/mol. The van der Waals surface area contributed by atoms with Gasteiger partial charge in [-0.05, 0) is 31.2 Å². The molecule has 3 aromatic rings. The summed E-state index contributed by atoms with van der Waals surface area (Å²) < 4.78 is 17.3. The number of fused-ring (bicyclic) bond motifs is 2. The molecule has 0 aliphatic carbocycles. The van der Waals surface area contributed by atoms with E-state index in [1.54, 1.807) is 23.8 Å². The van der Waals surface area contributed by atoms with Gasteiger partial charge in [0.1, 0.15) is 12.1 Å². The van der Waals surface area contributed by atoms with E-state index in [1.165, 1.54) is 18.2 Å². The molecule has 10 heteroatoms. The number of anilines is 1. The minimum Gasteiger partial charge on any atom is -0.465 e. The Labute approximate surface area is 193 Å². The van der Waals surface area contributed by atoms with Crippen LogP contribution in [0.1, 0.15) is 12.5 Å². The number of barbiturate groups is 1. The number of aromatic nitrogens is 1. The highest BCUT2D eigenvalue weighted by atomic mass is 16.7. The number of ether oxygens (including phenoxy) is 3. The molecule has 1 aromatic heterocycles. The molecule has 0 atom stereocenters. The molecule has 0 bridgehead atoms. The smallest absolute Gasteiger partial charge is 0.335 e. The van der Waals surface area contributed by atoms with E-state index >= 15 is 0 Å². The van der Waals surface area contributed by atoms with Crippen molar-refractivity contribution in [2.45, 2.75) is 13.5 Å². The average Bonchev–Trinajstić information content (AvgIpc) is 3.41. The summed E-state index contributed by atoms with van der Waals surface area (Å²) in [5.41, 5.74) is 1.28. The van der Waals surface area contributed by atoms with Gasteiger partial charge in [-0.3, -0.25) is 19.7 Å². The van der Waals surface area contributed by atoms with Crippen molar-refractivity contribution in [3.8, 4) is 11.5 Å². The van der Waals surface area contributed by atoms with Crippen LogP contribution in [0.5, 0.6) is 11.5 Å². The molecule has 1 fully saturated rings. The van der Waals surface area contributed by atoms with Gasteiger partial charge in [0, 0.05) is 28.7 Å². The number of carbonyl (C=O) groups is 4. The van der Waals surface area contributed by atoms with Crippen molar-refractivity contribution in [3.05, 3.63) is 59.8 Å². The Morgan fingerprint density at radius 1 is 1.12 bits per heavy atom. The summed E-state index contributed by atoms with van der Waals surface area (Å²) in [4.78, 5) is 51.3. The van der Waals surface area contributed by atoms with Gasteiger partial charge in [-0.25, -0.2) is 9.69 Å². The number of carbonyl (C=O) groups excluding carboxylic acids is 4. The van der Waals surface area contributed by atoms with E-state index in [0.717, 1.165) is 15.8 Å². The minimum atomic E-state index is -0.865. The number of nitrogens with zero attached hydrogens (tertiary/aromatic N) is 2. The average molecular weight is 461 g/mol. The third-order valence-corrected chi connectivity index (χ3v) is 5.44. The first-order chi connectivity index (χ1) is 16.5. The molecule has 2 aromatic carbocycles. The van der Waals surface area contributed by atoms with Crippen molar-refractivity contribution in [3.63, 3.8) is 0 Å². The van der Waals surface area contributed by atoms with Crippen LogP contribution in [0.15, 0.2) is 54.2 Å². The van der Waals surface area contributed by atoms with E-state index < -0.39 is 23.8 Å². The van der Waals surface area contributed by atoms with Gasteiger partial charge in [-0.15, -0.1) is 0 Å². The molecule has 5 rings (SSSR count). The maximum atomic E-state index is 13.3. The molecule has 1 saturated heterocycles. The first-order valence-corrected chi connectivity index (χ1v) is 10.5. The van der Waals surface area contributed by atoms with E-state index in [9.17, 15) is 19.2 Å². The lowest BCUT2D eigenvalue weighted by atomic mass is 10.1. The van der Waals surface area contributed by atoms with E-state index in [4.69, 9.17) is 14.2 Å². The van der Waals surface area contributed by atoms with E-state index in [-0.39, 0.29) is 31.2 Å². The van der Waals surface area contributed by atoms with E-state index in [0.29, 0.717) is 17.1 Å². The number of nitrogens with one attached hydrogen (secondary N) is 1. The second-order valence-electron chi connectivity index (χ2n) is 7.53. The molecule has 34 heavy (non-hydrogen) atoms. The quantitative estimate of drug-likeness (QED) is 0.353. The standard InChI is InChI=1S/C24H19N3O7/c1-2-32-21(28)12-26-11-14(16-5-3-4-6-18(16)26)9-17-22(29)25-24(31)27(23(17)30)15-7-8-19-20(10-15)34-13-33-19/h3-11H,2,12-13H2,1H3,(H,25,29,31)/b17-9+. The SMILES string of the molecule is CCOC(=O)Cn1cc(/C=C2\C(=O)NC(=O)N(c3ccc4c(c3)OCO4)C2=O)c2ccccc21. The summed E-state index contributed by atoms with van der Waals surface area (Å²) in [7, 11) is 0. The summed E-state index contributed by atoms with van der Waals surface area (Å²) in [5, 5.41) is 2.93. The highest BCUT2D eigenvalue weighted by molar-refractivity contribution is 6.39. The van der Waals surface area contributed by atoms with Gasteiger partial charge < -0.3 is 18.8 Å². The van der Waals surface area contributed by atoms with Crippen molar-refractivity contribution in [1.29, 1.82) is 0 Å². The van der Waals surface area contributed by atoms with Crippen LogP contribution in [0.3, 0.4) is 0 Å². The Morgan fingerprint density at radius 3 is 2.74 bits per heavy atom. The molecule has 0 unspecified atom stereocenters. The Hall–Kier alpha value is -4.60. The van der Waals surface area contributed by atoms with E-state index in [1.807, 2.05) is 24.3 Å². The zero-order valence-electron chi connectivity index (χ0n) is 18.1. The minimum absolute atomic E-state index is 0.0283. The van der Waals surface area contributed by atoms with Crippen molar-refractivity contribution in [2.75, 3.05) is 18.3 Å². The molecule has 4 amide bonds. The highest BCUT2D eigenvalue weighted by Gasteiger charge is 2.37. The summed E-state index contributed by atoms with van der Waals surface area (Å²) in [5.74, 6) is -1.12. The zero-order chi connectivity index (χ0) is 23.8. The van der Waals surface area contributed by atoms with Crippen LogP contribution in [0, 0.1) is 0 Å². The Bertz CT molecular complexity index is 1390. The lowest BCUT2D eigenvalue weighted by molar-refractivity contribution is -0.143. The number of rotatable bonds is 5. The summed E-state index contributed by atoms with van der Waals surface area (Å²) in [6, 6.07) is 11.0. The van der Waals surface area contributed by atoms with Crippen molar-refractivity contribution in [1.82, 2.24) is 9.88 Å². The largest absolute Gasteiger partial charge is 0.465 e. The van der Waals surface area contributed by atoms with Gasteiger partial charge in [-0.2, -0.15) is 0 Å². The van der Waals surface area contributed by atoms with Crippen LogP contribution in [0.25, 0.3) is 17.0 Å². The fourth-order valence-corrected chi connectivity index (χ4v) is 3.94. The van der Waals surface area contributed by atoms with Gasteiger partial charge in [0.05, 0.1) is 12.3 Å². The van der Waals surface area contributed by atoms with Crippen LogP contribution in [-0.4, -0.2) is 41.8 Å². The summed E-state index contributed by atoms with van der Waals surface area (Å²) >= 11 is 0. The first-order valence-electron chi connectivity index (χ1n) is 10.5. The van der Waals surface area contributed by atoms with Gasteiger partial charge in [0.25, 0.3) is 11.8 Å². The van der Waals surface area contributed by atoms with Crippen molar-refractivity contribution < 1.29 is 33.4 Å². The molecule has 2 aliphatic heterocycles. The Kier molecular flexibility index (Phi) is 5.25. The second kappa shape index (κ2) is 8.39. The molecule has 2 aliphatic rings. The van der Waals surface area contributed by atoms with Crippen molar-refractivity contribution in [2.24, 2.45) is 0 Å². The summed E-state index contributed by atoms with van der Waals surface area (Å²) in [6.07, 6.45) is 3.07. The van der Waals surface area contributed by atoms with Gasteiger partial charge >= 0.3 is 12.0 Å². The van der Waals surface area contributed by atoms with Crippen molar-refractivity contribution >= 4 is 46.5 Å². The zero-order valence-corrected chi connectivity index (χ0v) is 18.1. The molecule has 0 saturated carbocycles. The maximum absolute atomic E-state index is 13.3. The van der Waals surface area contributed by atoms with Gasteiger partial charge in [0.2, 0.25) is 6.79 Å². The lowest BCUT2D eigenvalue weighted by Gasteiger charge is -2.26. The molecule has 10 nitrogen and oxygen atoms in total. The number of para-hydroxylation sites is 1. The number of urea groups is 1. The second-order valence-corrected chi connectivity index (χ2v) is 7.53. The van der Waals surface area contributed by atoms with Gasteiger partial charge in [-0.1, -0.05) is 18.2 Å². The third-order valence-electron chi connectivity index (χ3n) is 5.44. The molecule has 3 heterocycles. The van der Waals surface area contributed by atoms with E-state index in [2.05, 4.69) is 5.32 Å². The molecule has 172 valence electrons. The normalized spacial score (nSPS) is 16.3. The topological polar surface area (TPSA) is 116 Å². The molecular formula is C24H19N3O7. The monoisotopic (exact) mass is 461 g/mol. The number of benzene rings is 2.